The van der Waals surface area contributed by atoms with Gasteiger partial charge in [0.05, 0.1) is 12.6 Å². The van der Waals surface area contributed by atoms with Gasteiger partial charge in [-0.15, -0.1) is 0 Å². The number of hydrogen-bond donors (Lipinski definition) is 2. The lowest BCUT2D eigenvalue weighted by atomic mass is 9.89. The summed E-state index contributed by atoms with van der Waals surface area (Å²) in [6, 6.07) is 5.54. The molecule has 1 aliphatic heterocycles. The molecule has 0 bridgehead atoms. The molecule has 1 aromatic carbocycles. The van der Waals surface area contributed by atoms with E-state index in [0.29, 0.717) is 12.3 Å². The summed E-state index contributed by atoms with van der Waals surface area (Å²) < 4.78 is 6.18. The minimum atomic E-state index is -0.680. The molecule has 1 aromatic rings. The molecule has 1 aliphatic rings. The first-order valence-electron chi connectivity index (χ1n) is 5.40. The van der Waals surface area contributed by atoms with Gasteiger partial charge in [-0.3, -0.25) is 9.59 Å². The lowest BCUT2D eigenvalue weighted by Crippen LogP contribution is -2.61. The van der Waals surface area contributed by atoms with Gasteiger partial charge in [-0.1, -0.05) is 15.9 Å². The number of methoxy groups -OCH3 is 1. The van der Waals surface area contributed by atoms with Crippen molar-refractivity contribution in [1.29, 1.82) is 0 Å². The Labute approximate surface area is 113 Å². The summed E-state index contributed by atoms with van der Waals surface area (Å²) in [5.74, 6) is -0.579. The Morgan fingerprint density at radius 3 is 2.67 bits per heavy atom. The van der Waals surface area contributed by atoms with Crippen LogP contribution in [0, 0.1) is 0 Å². The smallest absolute Gasteiger partial charge is 0.310 e. The van der Waals surface area contributed by atoms with Gasteiger partial charge in [0, 0.05) is 16.6 Å². The third-order valence-corrected chi connectivity index (χ3v) is 3.45. The zero-order valence-corrected chi connectivity index (χ0v) is 11.6. The van der Waals surface area contributed by atoms with Crippen LogP contribution < -0.4 is 15.4 Å². The van der Waals surface area contributed by atoms with Gasteiger partial charge in [-0.2, -0.15) is 0 Å². The molecule has 1 saturated heterocycles. The fourth-order valence-corrected chi connectivity index (χ4v) is 2.32. The number of benzene rings is 1. The zero-order chi connectivity index (χ0) is 13.3. The average Bonchev–Trinajstić information content (AvgIpc) is 2.34. The highest BCUT2D eigenvalue weighted by Gasteiger charge is 2.38. The Morgan fingerprint density at radius 2 is 2.06 bits per heavy atom. The number of amides is 2. The highest BCUT2D eigenvalue weighted by molar-refractivity contribution is 9.10. The predicted octanol–water partition coefficient (Wildman–Crippen LogP) is 0.919. The fraction of sp³-hybridized carbons (Fsp3) is 0.333. The maximum absolute atomic E-state index is 11.5. The molecule has 0 radical (unpaired) electrons. The summed E-state index contributed by atoms with van der Waals surface area (Å²) in [7, 11) is 1.57. The number of ether oxygens (including phenoxy) is 1. The highest BCUT2D eigenvalue weighted by Crippen LogP contribution is 2.33. The minimum Gasteiger partial charge on any atom is -0.496 e. The summed E-state index contributed by atoms with van der Waals surface area (Å²) in [4.78, 5) is 22.7. The second-order valence-corrected chi connectivity index (χ2v) is 5.23. The van der Waals surface area contributed by atoms with E-state index in [1.807, 2.05) is 25.1 Å². The van der Waals surface area contributed by atoms with Crippen LogP contribution in [0.3, 0.4) is 0 Å². The SMILES string of the molecule is COc1ccc(Br)cc1C1(C)CNC(=O)C(=O)N1. The first-order chi connectivity index (χ1) is 8.46. The molecule has 1 heterocycles. The van der Waals surface area contributed by atoms with Crippen molar-refractivity contribution in [2.45, 2.75) is 12.5 Å². The molecule has 2 N–H and O–H groups in total. The third kappa shape index (κ3) is 2.20. The number of halogens is 1. The second kappa shape index (κ2) is 4.61. The minimum absolute atomic E-state index is 0.324. The maximum Gasteiger partial charge on any atom is 0.310 e. The van der Waals surface area contributed by atoms with Crippen molar-refractivity contribution in [2.75, 3.05) is 13.7 Å². The summed E-state index contributed by atoms with van der Waals surface area (Å²) in [5.41, 5.74) is 0.132. The molecular weight excluding hydrogens is 300 g/mol. The quantitative estimate of drug-likeness (QED) is 0.798. The zero-order valence-electron chi connectivity index (χ0n) is 10.0. The fourth-order valence-electron chi connectivity index (χ4n) is 1.96. The first kappa shape index (κ1) is 12.9. The van der Waals surface area contributed by atoms with E-state index in [-0.39, 0.29) is 0 Å². The van der Waals surface area contributed by atoms with E-state index in [4.69, 9.17) is 4.74 Å². The van der Waals surface area contributed by atoms with E-state index in [1.165, 1.54) is 0 Å². The summed E-state index contributed by atoms with van der Waals surface area (Å²) in [6.45, 7) is 2.17. The van der Waals surface area contributed by atoms with Gasteiger partial charge in [-0.05, 0) is 25.1 Å². The molecule has 6 heteroatoms. The number of rotatable bonds is 2. The van der Waals surface area contributed by atoms with Gasteiger partial charge < -0.3 is 15.4 Å². The molecule has 0 saturated carbocycles. The Kier molecular flexibility index (Phi) is 3.30. The standard InChI is InChI=1S/C12H13BrN2O3/c1-12(6-14-10(16)11(17)15-12)8-5-7(13)3-4-9(8)18-2/h3-5H,6H2,1-2H3,(H,14,16)(H,15,17). The Balaban J connectivity index is 2.44. The number of nitrogens with one attached hydrogen (secondary N) is 2. The lowest BCUT2D eigenvalue weighted by Gasteiger charge is -2.35. The second-order valence-electron chi connectivity index (χ2n) is 4.31. The largest absolute Gasteiger partial charge is 0.496 e. The van der Waals surface area contributed by atoms with Gasteiger partial charge in [0.25, 0.3) is 0 Å². The van der Waals surface area contributed by atoms with Crippen molar-refractivity contribution < 1.29 is 14.3 Å². The summed E-state index contributed by atoms with van der Waals surface area (Å²) in [5, 5.41) is 5.28. The molecule has 2 rings (SSSR count). The van der Waals surface area contributed by atoms with Crippen LogP contribution in [0.15, 0.2) is 22.7 Å². The average molecular weight is 313 g/mol. The molecule has 1 atom stereocenters. The molecule has 96 valence electrons. The topological polar surface area (TPSA) is 67.4 Å². The van der Waals surface area contributed by atoms with Gasteiger partial charge in [0.15, 0.2) is 0 Å². The van der Waals surface area contributed by atoms with Gasteiger partial charge in [0.2, 0.25) is 0 Å². The van der Waals surface area contributed by atoms with Crippen molar-refractivity contribution >= 4 is 27.7 Å². The molecule has 18 heavy (non-hydrogen) atoms. The van der Waals surface area contributed by atoms with Crippen molar-refractivity contribution in [3.05, 3.63) is 28.2 Å². The monoisotopic (exact) mass is 312 g/mol. The van der Waals surface area contributed by atoms with Crippen molar-refractivity contribution in [3.8, 4) is 5.75 Å². The van der Waals surface area contributed by atoms with Crippen molar-refractivity contribution in [3.63, 3.8) is 0 Å². The Hall–Kier alpha value is -1.56. The molecule has 0 spiro atoms. The van der Waals surface area contributed by atoms with Crippen molar-refractivity contribution in [1.82, 2.24) is 10.6 Å². The third-order valence-electron chi connectivity index (χ3n) is 2.95. The maximum atomic E-state index is 11.5. The molecule has 0 aliphatic carbocycles. The highest BCUT2D eigenvalue weighted by atomic mass is 79.9. The van der Waals surface area contributed by atoms with Crippen molar-refractivity contribution in [2.24, 2.45) is 0 Å². The molecule has 1 unspecified atom stereocenters. The molecular formula is C12H13BrN2O3. The summed E-state index contributed by atoms with van der Waals surface area (Å²) in [6.07, 6.45) is 0. The van der Waals surface area contributed by atoms with E-state index in [0.717, 1.165) is 10.0 Å². The number of carbonyl (C=O) groups is 2. The van der Waals surface area contributed by atoms with Crippen LogP contribution in [-0.2, 0) is 15.1 Å². The molecule has 5 nitrogen and oxygen atoms in total. The van der Waals surface area contributed by atoms with Crippen LogP contribution in [0.1, 0.15) is 12.5 Å². The number of hydrogen-bond acceptors (Lipinski definition) is 3. The predicted molar refractivity (Wildman–Crippen MR) is 69.2 cm³/mol. The van der Waals surface area contributed by atoms with E-state index >= 15 is 0 Å². The van der Waals surface area contributed by atoms with Crippen LogP contribution in [0.4, 0.5) is 0 Å². The first-order valence-corrected chi connectivity index (χ1v) is 6.20. The van der Waals surface area contributed by atoms with Crippen LogP contribution in [0.25, 0.3) is 0 Å². The van der Waals surface area contributed by atoms with E-state index < -0.39 is 17.4 Å². The molecule has 2 amide bonds. The number of carbonyl (C=O) groups excluding carboxylic acids is 2. The van der Waals surface area contributed by atoms with Crippen LogP contribution in [0.2, 0.25) is 0 Å². The van der Waals surface area contributed by atoms with E-state index in [2.05, 4.69) is 26.6 Å². The van der Waals surface area contributed by atoms with Crippen LogP contribution >= 0.6 is 15.9 Å². The van der Waals surface area contributed by atoms with Gasteiger partial charge >= 0.3 is 11.8 Å². The van der Waals surface area contributed by atoms with Crippen LogP contribution in [0.5, 0.6) is 5.75 Å². The summed E-state index contributed by atoms with van der Waals surface area (Å²) >= 11 is 3.39. The molecule has 0 aromatic heterocycles. The van der Waals surface area contributed by atoms with E-state index in [9.17, 15) is 9.59 Å². The lowest BCUT2D eigenvalue weighted by molar-refractivity contribution is -0.142. The van der Waals surface area contributed by atoms with E-state index in [1.54, 1.807) is 7.11 Å². The van der Waals surface area contributed by atoms with Crippen LogP contribution in [-0.4, -0.2) is 25.5 Å². The normalized spacial score (nSPS) is 23.3. The number of piperazine rings is 1. The van der Waals surface area contributed by atoms with Gasteiger partial charge in [0.1, 0.15) is 5.75 Å². The van der Waals surface area contributed by atoms with Gasteiger partial charge in [-0.25, -0.2) is 0 Å². The molecule has 1 fully saturated rings. The Bertz CT molecular complexity index is 518. The Morgan fingerprint density at radius 1 is 1.33 bits per heavy atom.